The van der Waals surface area contributed by atoms with Gasteiger partial charge in [0.25, 0.3) is 0 Å². The van der Waals surface area contributed by atoms with Crippen LogP contribution < -0.4 is 35.6 Å². The zero-order valence-corrected chi connectivity index (χ0v) is 23.8. The molecule has 40 heavy (non-hydrogen) atoms. The van der Waals surface area contributed by atoms with Crippen LogP contribution in [0.5, 0.6) is 17.2 Å². The summed E-state index contributed by atoms with van der Waals surface area (Å²) < 4.78 is 21.6. The first-order valence-electron chi connectivity index (χ1n) is 13.0. The largest absolute Gasteiger partial charge is 0.493 e. The molecule has 2 aromatic rings. The number of fused-ring (bicyclic) bond motifs is 3. The van der Waals surface area contributed by atoms with Crippen molar-refractivity contribution in [2.24, 2.45) is 0 Å². The maximum atomic E-state index is 13.3. The third-order valence-electron chi connectivity index (χ3n) is 6.74. The normalized spacial score (nSPS) is 14.4. The molecule has 0 saturated carbocycles. The van der Waals surface area contributed by atoms with E-state index in [0.717, 1.165) is 16.7 Å². The number of ether oxygens (including phenoxy) is 4. The van der Waals surface area contributed by atoms with Crippen LogP contribution in [0.15, 0.2) is 29.1 Å². The molecule has 3 rings (SSSR count). The summed E-state index contributed by atoms with van der Waals surface area (Å²) in [6, 6.07) is 5.81. The lowest BCUT2D eigenvalue weighted by molar-refractivity contribution is -0.144. The zero-order chi connectivity index (χ0) is 29.4. The van der Waals surface area contributed by atoms with E-state index in [2.05, 4.69) is 20.7 Å². The molecule has 1 aliphatic carbocycles. The van der Waals surface area contributed by atoms with Gasteiger partial charge in [-0.3, -0.25) is 14.4 Å². The number of hydrogen-bond donors (Lipinski definition) is 3. The van der Waals surface area contributed by atoms with Gasteiger partial charge in [0.05, 0.1) is 40.2 Å². The van der Waals surface area contributed by atoms with Crippen LogP contribution in [0.3, 0.4) is 0 Å². The molecule has 0 bridgehead atoms. The number of rotatable bonds is 11. The van der Waals surface area contributed by atoms with E-state index in [-0.39, 0.29) is 23.7 Å². The van der Waals surface area contributed by atoms with Crippen molar-refractivity contribution < 1.29 is 33.3 Å². The highest BCUT2D eigenvalue weighted by atomic mass is 16.5. The monoisotopic (exact) mass is 555 g/mol. The van der Waals surface area contributed by atoms with Crippen LogP contribution in [0.2, 0.25) is 0 Å². The number of amides is 2. The SMILES string of the molecule is COC(=O)[C@@H](C)NC(=O)CCCNc1ccc2c(cc1=O)[C@H](NC(C)=O)CCc1cc(OC)c(OC)c(OC)c1-2. The topological polar surface area (TPSA) is 141 Å². The fourth-order valence-corrected chi connectivity index (χ4v) is 4.88. The molecule has 0 saturated heterocycles. The molecule has 216 valence electrons. The van der Waals surface area contributed by atoms with Gasteiger partial charge in [0, 0.05) is 25.5 Å². The van der Waals surface area contributed by atoms with Crippen LogP contribution in [0.1, 0.15) is 50.3 Å². The zero-order valence-electron chi connectivity index (χ0n) is 23.8. The Labute approximate surface area is 233 Å². The van der Waals surface area contributed by atoms with Crippen molar-refractivity contribution in [3.63, 3.8) is 0 Å². The molecular weight excluding hydrogens is 518 g/mol. The summed E-state index contributed by atoms with van der Waals surface area (Å²) in [5.41, 5.74) is 3.17. The van der Waals surface area contributed by atoms with Gasteiger partial charge in [-0.2, -0.15) is 0 Å². The van der Waals surface area contributed by atoms with Gasteiger partial charge < -0.3 is 34.9 Å². The molecule has 0 fully saturated rings. The van der Waals surface area contributed by atoms with Gasteiger partial charge in [-0.1, -0.05) is 6.07 Å². The van der Waals surface area contributed by atoms with Gasteiger partial charge >= 0.3 is 5.97 Å². The van der Waals surface area contributed by atoms with E-state index >= 15 is 0 Å². The number of benzene rings is 1. The van der Waals surface area contributed by atoms with Crippen molar-refractivity contribution in [1.29, 1.82) is 0 Å². The van der Waals surface area contributed by atoms with Gasteiger partial charge in [-0.05, 0) is 61.1 Å². The standard InChI is InChI=1S/C29H37N3O8/c1-16(29(36)40-6)31-25(35)8-7-13-30-22-12-10-19-20(15-23(22)34)21(32-17(2)33)11-9-18-14-24(37-3)27(38-4)28(39-5)26(18)19/h10,12,14-16,21H,7-9,11,13H2,1-6H3,(H,30,34)(H,31,35)(H,32,33)/t16-,21-/m1/s1. The van der Waals surface area contributed by atoms with Crippen LogP contribution >= 0.6 is 0 Å². The second-order valence-corrected chi connectivity index (χ2v) is 9.44. The highest BCUT2D eigenvalue weighted by Crippen LogP contribution is 2.50. The molecule has 0 radical (unpaired) electrons. The molecule has 2 atom stereocenters. The summed E-state index contributed by atoms with van der Waals surface area (Å²) in [4.78, 5) is 49.0. The minimum Gasteiger partial charge on any atom is -0.493 e. The molecule has 0 aliphatic heterocycles. The number of aryl methyl sites for hydroxylation is 1. The first kappa shape index (κ1) is 30.3. The van der Waals surface area contributed by atoms with E-state index in [1.807, 2.05) is 12.1 Å². The summed E-state index contributed by atoms with van der Waals surface area (Å²) in [6.07, 6.45) is 1.75. The number of carbonyl (C=O) groups excluding carboxylic acids is 3. The quantitative estimate of drug-likeness (QED) is 0.282. The average molecular weight is 556 g/mol. The van der Waals surface area contributed by atoms with E-state index < -0.39 is 18.1 Å². The average Bonchev–Trinajstić information content (AvgIpc) is 3.17. The van der Waals surface area contributed by atoms with Crippen molar-refractivity contribution in [2.45, 2.75) is 51.6 Å². The Morgan fingerprint density at radius 2 is 1.75 bits per heavy atom. The highest BCUT2D eigenvalue weighted by Gasteiger charge is 2.29. The molecule has 1 aliphatic rings. The van der Waals surface area contributed by atoms with Crippen LogP contribution in [0.25, 0.3) is 11.1 Å². The Morgan fingerprint density at radius 3 is 2.38 bits per heavy atom. The molecular formula is C29H37N3O8. The minimum absolute atomic E-state index is 0.161. The molecule has 0 heterocycles. The Bertz CT molecular complexity index is 1330. The van der Waals surface area contributed by atoms with Crippen molar-refractivity contribution in [3.05, 3.63) is 45.6 Å². The second kappa shape index (κ2) is 13.7. The number of esters is 1. The number of hydrogen-bond acceptors (Lipinski definition) is 9. The molecule has 11 heteroatoms. The van der Waals surface area contributed by atoms with Crippen molar-refractivity contribution in [3.8, 4) is 28.4 Å². The van der Waals surface area contributed by atoms with Crippen molar-refractivity contribution in [2.75, 3.05) is 40.3 Å². The highest BCUT2D eigenvalue weighted by molar-refractivity contribution is 5.85. The first-order valence-corrected chi connectivity index (χ1v) is 13.0. The van der Waals surface area contributed by atoms with Gasteiger partial charge in [0.1, 0.15) is 6.04 Å². The van der Waals surface area contributed by atoms with Gasteiger partial charge in [-0.15, -0.1) is 0 Å². The smallest absolute Gasteiger partial charge is 0.328 e. The lowest BCUT2D eigenvalue weighted by Crippen LogP contribution is -2.39. The Balaban J connectivity index is 1.96. The first-order chi connectivity index (χ1) is 19.1. The number of carbonyl (C=O) groups is 3. The molecule has 2 aromatic carbocycles. The Morgan fingerprint density at radius 1 is 1.02 bits per heavy atom. The van der Waals surface area contributed by atoms with E-state index in [1.54, 1.807) is 27.2 Å². The third-order valence-corrected chi connectivity index (χ3v) is 6.74. The fraction of sp³-hybridized carbons (Fsp3) is 0.448. The summed E-state index contributed by atoms with van der Waals surface area (Å²) in [7, 11) is 5.89. The Kier molecular flexibility index (Phi) is 10.4. The van der Waals surface area contributed by atoms with Crippen LogP contribution in [-0.4, -0.2) is 58.8 Å². The fourth-order valence-electron chi connectivity index (χ4n) is 4.88. The van der Waals surface area contributed by atoms with Crippen LogP contribution in [0, 0.1) is 0 Å². The predicted molar refractivity (Wildman–Crippen MR) is 150 cm³/mol. The summed E-state index contributed by atoms with van der Waals surface area (Å²) in [5, 5.41) is 8.68. The lowest BCUT2D eigenvalue weighted by atomic mass is 9.95. The molecule has 3 N–H and O–H groups in total. The van der Waals surface area contributed by atoms with E-state index in [1.165, 1.54) is 27.2 Å². The maximum Gasteiger partial charge on any atom is 0.328 e. The van der Waals surface area contributed by atoms with Gasteiger partial charge in [0.15, 0.2) is 11.5 Å². The number of anilines is 1. The van der Waals surface area contributed by atoms with Crippen molar-refractivity contribution >= 4 is 23.5 Å². The van der Waals surface area contributed by atoms with Gasteiger partial charge in [0.2, 0.25) is 23.0 Å². The molecule has 11 nitrogen and oxygen atoms in total. The summed E-state index contributed by atoms with van der Waals surface area (Å²) in [5.74, 6) is 0.405. The minimum atomic E-state index is -0.739. The van der Waals surface area contributed by atoms with Crippen LogP contribution in [0.4, 0.5) is 5.69 Å². The predicted octanol–water partition coefficient (Wildman–Crippen LogP) is 2.73. The Hall–Kier alpha value is -4.28. The van der Waals surface area contributed by atoms with Crippen molar-refractivity contribution in [1.82, 2.24) is 10.6 Å². The maximum absolute atomic E-state index is 13.3. The molecule has 2 amide bonds. The summed E-state index contributed by atoms with van der Waals surface area (Å²) >= 11 is 0. The van der Waals surface area contributed by atoms with E-state index in [4.69, 9.17) is 14.2 Å². The van der Waals surface area contributed by atoms with Gasteiger partial charge in [-0.25, -0.2) is 4.79 Å². The molecule has 0 spiro atoms. The third kappa shape index (κ3) is 6.83. The number of methoxy groups -OCH3 is 4. The number of nitrogens with one attached hydrogen (secondary N) is 3. The molecule has 0 aromatic heterocycles. The summed E-state index contributed by atoms with van der Waals surface area (Å²) in [6.45, 7) is 3.34. The van der Waals surface area contributed by atoms with E-state index in [9.17, 15) is 19.2 Å². The second-order valence-electron chi connectivity index (χ2n) is 9.44. The lowest BCUT2D eigenvalue weighted by Gasteiger charge is -2.19. The van der Waals surface area contributed by atoms with Crippen LogP contribution in [-0.2, 0) is 25.5 Å². The van der Waals surface area contributed by atoms with E-state index in [0.29, 0.717) is 54.3 Å². The molecule has 0 unspecified atom stereocenters.